The second-order valence-electron chi connectivity index (χ2n) is 4.75. The molecule has 0 aliphatic rings. The van der Waals surface area contributed by atoms with E-state index in [9.17, 15) is 0 Å². The van der Waals surface area contributed by atoms with Gasteiger partial charge in [0, 0.05) is 24.8 Å². The maximum atomic E-state index is 3.95. The highest BCUT2D eigenvalue weighted by molar-refractivity contribution is 5.60. The van der Waals surface area contributed by atoms with Gasteiger partial charge in [-0.3, -0.25) is 9.97 Å². The van der Waals surface area contributed by atoms with Crippen LogP contribution < -0.4 is 0 Å². The molecule has 0 radical (unpaired) electrons. The number of pyridine rings is 2. The van der Waals surface area contributed by atoms with E-state index in [2.05, 4.69) is 37.0 Å². The van der Waals surface area contributed by atoms with Gasteiger partial charge in [-0.1, -0.05) is 72.8 Å². The van der Waals surface area contributed by atoms with Crippen molar-refractivity contribution in [3.05, 3.63) is 73.3 Å². The summed E-state index contributed by atoms with van der Waals surface area (Å²) in [7, 11) is 0. The molecule has 0 aliphatic heterocycles. The van der Waals surface area contributed by atoms with Gasteiger partial charge in [0.2, 0.25) is 0 Å². The second-order valence-corrected chi connectivity index (χ2v) is 4.75. The van der Waals surface area contributed by atoms with Crippen LogP contribution in [0.4, 0.5) is 0 Å². The van der Waals surface area contributed by atoms with Gasteiger partial charge >= 0.3 is 0 Å². The molecule has 0 saturated heterocycles. The summed E-state index contributed by atoms with van der Waals surface area (Å²) in [5.41, 5.74) is 4.41. The predicted octanol–water partition coefficient (Wildman–Crippen LogP) is 7.70. The molecule has 0 aliphatic carbocycles. The van der Waals surface area contributed by atoms with Crippen molar-refractivity contribution in [1.29, 1.82) is 0 Å². The van der Waals surface area contributed by atoms with Crippen molar-refractivity contribution in [1.82, 2.24) is 9.97 Å². The first-order valence-corrected chi connectivity index (χ1v) is 9.14. The SMILES string of the molecule is C=C(C)c1cccnc1.C=C(C)c1ccncc1.CC.CC.CCC. The van der Waals surface area contributed by atoms with Crippen molar-refractivity contribution < 1.29 is 0 Å². The van der Waals surface area contributed by atoms with Crippen molar-refractivity contribution in [3.8, 4) is 0 Å². The molecule has 0 amide bonds. The quantitative estimate of drug-likeness (QED) is 0.558. The Morgan fingerprint density at radius 3 is 1.44 bits per heavy atom. The lowest BCUT2D eigenvalue weighted by Gasteiger charge is -1.94. The van der Waals surface area contributed by atoms with E-state index in [1.165, 1.54) is 6.42 Å². The molecule has 2 aromatic heterocycles. The van der Waals surface area contributed by atoms with Gasteiger partial charge in [0.25, 0.3) is 0 Å². The molecule has 25 heavy (non-hydrogen) atoms. The zero-order chi connectivity index (χ0) is 20.1. The van der Waals surface area contributed by atoms with Crippen molar-refractivity contribution in [2.75, 3.05) is 0 Å². The van der Waals surface area contributed by atoms with E-state index in [-0.39, 0.29) is 0 Å². The average molecular weight is 343 g/mol. The van der Waals surface area contributed by atoms with Gasteiger partial charge in [-0.05, 0) is 48.7 Å². The molecule has 0 fully saturated rings. The Bertz CT molecular complexity index is 467. The summed E-state index contributed by atoms with van der Waals surface area (Å²) >= 11 is 0. The third-order valence-corrected chi connectivity index (χ3v) is 2.33. The lowest BCUT2D eigenvalue weighted by Crippen LogP contribution is -1.76. The van der Waals surface area contributed by atoms with E-state index in [1.807, 2.05) is 72.0 Å². The molecule has 0 unspecified atom stereocenters. The van der Waals surface area contributed by atoms with Crippen LogP contribution in [0.5, 0.6) is 0 Å². The number of hydrogen-bond donors (Lipinski definition) is 0. The van der Waals surface area contributed by atoms with E-state index in [0.717, 1.165) is 22.3 Å². The highest BCUT2D eigenvalue weighted by Gasteiger charge is 1.87. The van der Waals surface area contributed by atoms with Crippen LogP contribution in [0.3, 0.4) is 0 Å². The summed E-state index contributed by atoms with van der Waals surface area (Å²) in [5.74, 6) is 0. The normalized spacial score (nSPS) is 7.68. The standard InChI is InChI=1S/2C8H9N.C3H8.2C2H6/c1-7(2)8-3-5-9-6-4-8;1-7(2)8-4-3-5-9-6-8;1-3-2;2*1-2/h2*3-6H,1H2,2H3;3H2,1-2H3;2*1-2H3. The highest BCUT2D eigenvalue weighted by Crippen LogP contribution is 2.07. The first kappa shape index (κ1) is 27.6. The van der Waals surface area contributed by atoms with Gasteiger partial charge in [0.1, 0.15) is 0 Å². The number of aromatic nitrogens is 2. The Kier molecular flexibility index (Phi) is 24.1. The Balaban J connectivity index is -0.000000287. The van der Waals surface area contributed by atoms with E-state index in [1.54, 1.807) is 18.6 Å². The maximum Gasteiger partial charge on any atom is 0.0342 e. The van der Waals surface area contributed by atoms with Crippen molar-refractivity contribution in [2.45, 2.75) is 61.8 Å². The zero-order valence-electron chi connectivity index (χ0n) is 17.6. The molecule has 2 heteroatoms. The van der Waals surface area contributed by atoms with Crippen LogP contribution in [0, 0.1) is 0 Å². The van der Waals surface area contributed by atoms with Crippen molar-refractivity contribution in [3.63, 3.8) is 0 Å². The number of nitrogens with zero attached hydrogens (tertiary/aromatic N) is 2. The van der Waals surface area contributed by atoms with Gasteiger partial charge in [-0.2, -0.15) is 0 Å². The number of rotatable bonds is 2. The minimum absolute atomic E-state index is 1.06. The molecule has 0 aromatic carbocycles. The Morgan fingerprint density at radius 2 is 1.20 bits per heavy atom. The summed E-state index contributed by atoms with van der Waals surface area (Å²) in [6, 6.07) is 7.80. The van der Waals surface area contributed by atoms with Crippen LogP contribution in [0.25, 0.3) is 11.1 Å². The van der Waals surface area contributed by atoms with E-state index in [4.69, 9.17) is 0 Å². The van der Waals surface area contributed by atoms with Crippen LogP contribution in [-0.4, -0.2) is 9.97 Å². The zero-order valence-corrected chi connectivity index (χ0v) is 17.6. The molecule has 2 heterocycles. The summed E-state index contributed by atoms with van der Waals surface area (Å²) in [4.78, 5) is 7.83. The van der Waals surface area contributed by atoms with E-state index >= 15 is 0 Å². The minimum atomic E-state index is 1.06. The fourth-order valence-electron chi connectivity index (χ4n) is 1.25. The Labute approximate surface area is 156 Å². The summed E-state index contributed by atoms with van der Waals surface area (Å²) in [5, 5.41) is 0. The molecular weight excluding hydrogens is 304 g/mol. The van der Waals surface area contributed by atoms with Crippen LogP contribution in [0.1, 0.15) is 72.9 Å². The largest absolute Gasteiger partial charge is 0.265 e. The molecule has 2 aromatic rings. The summed E-state index contributed by atoms with van der Waals surface area (Å²) in [6.45, 7) is 23.8. The van der Waals surface area contributed by atoms with Crippen LogP contribution >= 0.6 is 0 Å². The van der Waals surface area contributed by atoms with E-state index < -0.39 is 0 Å². The molecule has 0 atom stereocenters. The summed E-state index contributed by atoms with van der Waals surface area (Å²) < 4.78 is 0. The third kappa shape index (κ3) is 18.0. The number of hydrogen-bond acceptors (Lipinski definition) is 2. The fraction of sp³-hybridized carbons (Fsp3) is 0.391. The lowest BCUT2D eigenvalue weighted by atomic mass is 10.1. The molecule has 0 N–H and O–H groups in total. The van der Waals surface area contributed by atoms with Gasteiger partial charge in [0.05, 0.1) is 0 Å². The van der Waals surface area contributed by atoms with Gasteiger partial charge < -0.3 is 0 Å². The molecule has 2 rings (SSSR count). The van der Waals surface area contributed by atoms with Crippen molar-refractivity contribution in [2.24, 2.45) is 0 Å². The lowest BCUT2D eigenvalue weighted by molar-refractivity contribution is 1.09. The van der Waals surface area contributed by atoms with E-state index in [0.29, 0.717) is 0 Å². The first-order chi connectivity index (χ1) is 12.0. The monoisotopic (exact) mass is 342 g/mol. The van der Waals surface area contributed by atoms with Crippen LogP contribution in [0.15, 0.2) is 62.2 Å². The summed E-state index contributed by atoms with van der Waals surface area (Å²) in [6.07, 6.45) is 8.35. The second kappa shape index (κ2) is 21.8. The molecule has 140 valence electrons. The molecule has 0 bridgehead atoms. The smallest absolute Gasteiger partial charge is 0.0342 e. The van der Waals surface area contributed by atoms with Crippen LogP contribution in [0.2, 0.25) is 0 Å². The fourth-order valence-corrected chi connectivity index (χ4v) is 1.25. The number of allylic oxidation sites excluding steroid dienone is 2. The molecule has 0 saturated carbocycles. The predicted molar refractivity (Wildman–Crippen MR) is 117 cm³/mol. The van der Waals surface area contributed by atoms with Gasteiger partial charge in [0.15, 0.2) is 0 Å². The molecule has 2 nitrogen and oxygen atoms in total. The Morgan fingerprint density at radius 1 is 0.760 bits per heavy atom. The molecular formula is C23H38N2. The maximum absolute atomic E-state index is 3.95. The Hall–Kier alpha value is -2.22. The van der Waals surface area contributed by atoms with Gasteiger partial charge in [-0.25, -0.2) is 0 Å². The molecule has 0 spiro atoms. The minimum Gasteiger partial charge on any atom is -0.265 e. The first-order valence-electron chi connectivity index (χ1n) is 9.14. The average Bonchev–Trinajstić information content (AvgIpc) is 2.67. The topological polar surface area (TPSA) is 25.8 Å². The van der Waals surface area contributed by atoms with Crippen molar-refractivity contribution >= 4 is 11.1 Å². The van der Waals surface area contributed by atoms with Gasteiger partial charge in [-0.15, -0.1) is 0 Å². The highest BCUT2D eigenvalue weighted by atomic mass is 14.6. The van der Waals surface area contributed by atoms with Crippen LogP contribution in [-0.2, 0) is 0 Å². The third-order valence-electron chi connectivity index (χ3n) is 2.33.